The van der Waals surface area contributed by atoms with Crippen LogP contribution in [-0.2, 0) is 9.53 Å². The Morgan fingerprint density at radius 2 is 2.29 bits per heavy atom. The van der Waals surface area contributed by atoms with Crippen LogP contribution in [0.15, 0.2) is 10.9 Å². The number of ether oxygens (including phenoxy) is 1. The van der Waals surface area contributed by atoms with E-state index in [2.05, 4.69) is 15.3 Å². The maximum Gasteiger partial charge on any atom is 0.325 e. The molecule has 94 valence electrons. The van der Waals surface area contributed by atoms with Crippen LogP contribution in [0.5, 0.6) is 0 Å². The number of nitrogens with zero attached hydrogens (tertiary/aromatic N) is 1. The number of hydrogen-bond donors (Lipinski definition) is 2. The van der Waals surface area contributed by atoms with Gasteiger partial charge in [-0.2, -0.15) is 0 Å². The minimum Gasteiger partial charge on any atom is -0.465 e. The van der Waals surface area contributed by atoms with Crippen LogP contribution in [0.3, 0.4) is 0 Å². The molecule has 0 saturated heterocycles. The lowest BCUT2D eigenvalue weighted by molar-refractivity contribution is -0.140. The second-order valence-electron chi connectivity index (χ2n) is 3.83. The molecular formula is C11H17N3O3. The fraction of sp³-hybridized carbons (Fsp3) is 0.545. The van der Waals surface area contributed by atoms with Crippen LogP contribution in [-0.4, -0.2) is 29.1 Å². The lowest BCUT2D eigenvalue weighted by atomic mass is 10.2. The molecule has 0 aromatic carbocycles. The standard InChI is InChI=1S/C11H17N3O3/c1-4-17-10(16)6-12-8-5-9(15)14-11(13-8)7(2)3/h5,7H,4,6H2,1-3H3,(H2,12,13,14,15). The Morgan fingerprint density at radius 1 is 1.59 bits per heavy atom. The van der Waals surface area contributed by atoms with Crippen LogP contribution >= 0.6 is 0 Å². The van der Waals surface area contributed by atoms with Gasteiger partial charge in [-0.15, -0.1) is 0 Å². The summed E-state index contributed by atoms with van der Waals surface area (Å²) >= 11 is 0. The van der Waals surface area contributed by atoms with Crippen molar-refractivity contribution < 1.29 is 9.53 Å². The third kappa shape index (κ3) is 4.26. The second kappa shape index (κ2) is 6.03. The van der Waals surface area contributed by atoms with E-state index in [1.165, 1.54) is 6.07 Å². The Labute approximate surface area is 99.4 Å². The summed E-state index contributed by atoms with van der Waals surface area (Å²) in [6, 6.07) is 1.31. The molecule has 6 nitrogen and oxygen atoms in total. The predicted molar refractivity (Wildman–Crippen MR) is 64.1 cm³/mol. The highest BCUT2D eigenvalue weighted by Crippen LogP contribution is 2.08. The number of carbonyl (C=O) groups excluding carboxylic acids is 1. The van der Waals surface area contributed by atoms with Crippen LogP contribution in [0, 0.1) is 0 Å². The predicted octanol–water partition coefficient (Wildman–Crippen LogP) is 0.868. The number of anilines is 1. The van der Waals surface area contributed by atoms with Gasteiger partial charge in [0.25, 0.3) is 5.56 Å². The number of hydrogen-bond acceptors (Lipinski definition) is 5. The van der Waals surface area contributed by atoms with E-state index in [1.54, 1.807) is 6.92 Å². The molecule has 0 amide bonds. The van der Waals surface area contributed by atoms with E-state index < -0.39 is 0 Å². The maximum atomic E-state index is 11.3. The molecule has 0 aliphatic carbocycles. The molecule has 0 atom stereocenters. The summed E-state index contributed by atoms with van der Waals surface area (Å²) in [5, 5.41) is 2.76. The highest BCUT2D eigenvalue weighted by Gasteiger charge is 2.06. The molecule has 2 N–H and O–H groups in total. The van der Waals surface area contributed by atoms with Crippen LogP contribution in [0.2, 0.25) is 0 Å². The van der Waals surface area contributed by atoms with Crippen molar-refractivity contribution in [3.63, 3.8) is 0 Å². The first-order chi connectivity index (χ1) is 8.02. The molecule has 6 heteroatoms. The van der Waals surface area contributed by atoms with Crippen LogP contribution in [0.4, 0.5) is 5.82 Å². The van der Waals surface area contributed by atoms with E-state index in [-0.39, 0.29) is 24.0 Å². The van der Waals surface area contributed by atoms with Gasteiger partial charge in [-0.3, -0.25) is 9.59 Å². The SMILES string of the molecule is CCOC(=O)CNc1cc(=O)[nH]c(C(C)C)n1. The Balaban J connectivity index is 2.71. The summed E-state index contributed by atoms with van der Waals surface area (Å²) in [6.07, 6.45) is 0. The molecule has 0 saturated carbocycles. The lowest BCUT2D eigenvalue weighted by Gasteiger charge is -2.08. The quantitative estimate of drug-likeness (QED) is 0.745. The highest BCUT2D eigenvalue weighted by molar-refractivity contribution is 5.74. The minimum atomic E-state index is -0.374. The van der Waals surface area contributed by atoms with Crippen molar-refractivity contribution >= 4 is 11.8 Å². The Kier molecular flexibility index (Phi) is 4.68. The average molecular weight is 239 g/mol. The van der Waals surface area contributed by atoms with Gasteiger partial charge in [0.1, 0.15) is 18.2 Å². The van der Waals surface area contributed by atoms with Crippen molar-refractivity contribution in [2.45, 2.75) is 26.7 Å². The third-order valence-corrected chi connectivity index (χ3v) is 2.03. The minimum absolute atomic E-state index is 0.00181. The van der Waals surface area contributed by atoms with E-state index in [9.17, 15) is 9.59 Å². The molecule has 0 aliphatic heterocycles. The first-order valence-electron chi connectivity index (χ1n) is 5.53. The van der Waals surface area contributed by atoms with Gasteiger partial charge in [0, 0.05) is 12.0 Å². The molecule has 0 radical (unpaired) electrons. The number of carbonyl (C=O) groups is 1. The summed E-state index contributed by atoms with van der Waals surface area (Å²) < 4.78 is 4.76. The van der Waals surface area contributed by atoms with Gasteiger partial charge in [0.05, 0.1) is 6.61 Å². The molecule has 1 heterocycles. The summed E-state index contributed by atoms with van der Waals surface area (Å²) in [5.41, 5.74) is -0.241. The molecule has 17 heavy (non-hydrogen) atoms. The number of nitrogens with one attached hydrogen (secondary N) is 2. The molecule has 0 spiro atoms. The molecule has 0 unspecified atom stereocenters. The molecule has 0 bridgehead atoms. The van der Waals surface area contributed by atoms with E-state index >= 15 is 0 Å². The monoisotopic (exact) mass is 239 g/mol. The fourth-order valence-electron chi connectivity index (χ4n) is 1.22. The van der Waals surface area contributed by atoms with Gasteiger partial charge < -0.3 is 15.0 Å². The van der Waals surface area contributed by atoms with Crippen LogP contribution in [0.1, 0.15) is 32.5 Å². The van der Waals surface area contributed by atoms with Gasteiger partial charge in [-0.1, -0.05) is 13.8 Å². The zero-order chi connectivity index (χ0) is 12.8. The summed E-state index contributed by atoms with van der Waals surface area (Å²) in [6.45, 7) is 5.92. The van der Waals surface area contributed by atoms with Crippen molar-refractivity contribution in [1.29, 1.82) is 0 Å². The van der Waals surface area contributed by atoms with Gasteiger partial charge >= 0.3 is 5.97 Å². The number of H-pyrrole nitrogens is 1. The van der Waals surface area contributed by atoms with Crippen molar-refractivity contribution in [3.8, 4) is 0 Å². The number of aromatic amines is 1. The average Bonchev–Trinajstić information content (AvgIpc) is 2.26. The Morgan fingerprint density at radius 3 is 2.88 bits per heavy atom. The molecule has 0 fully saturated rings. The zero-order valence-electron chi connectivity index (χ0n) is 10.2. The van der Waals surface area contributed by atoms with E-state index in [0.29, 0.717) is 18.2 Å². The lowest BCUT2D eigenvalue weighted by Crippen LogP contribution is -2.20. The van der Waals surface area contributed by atoms with Gasteiger partial charge in [0.15, 0.2) is 0 Å². The van der Waals surface area contributed by atoms with Gasteiger partial charge in [-0.25, -0.2) is 4.98 Å². The molecule has 1 aromatic rings. The molecule has 0 aliphatic rings. The number of esters is 1. The largest absolute Gasteiger partial charge is 0.465 e. The third-order valence-electron chi connectivity index (χ3n) is 2.03. The summed E-state index contributed by atoms with van der Waals surface area (Å²) in [7, 11) is 0. The van der Waals surface area contributed by atoms with Crippen molar-refractivity contribution in [3.05, 3.63) is 22.2 Å². The Bertz CT molecular complexity index is 440. The molecule has 1 aromatic heterocycles. The number of rotatable bonds is 5. The topological polar surface area (TPSA) is 84.1 Å². The fourth-order valence-corrected chi connectivity index (χ4v) is 1.22. The van der Waals surface area contributed by atoms with Crippen LogP contribution < -0.4 is 10.9 Å². The van der Waals surface area contributed by atoms with Gasteiger partial charge in [0.2, 0.25) is 0 Å². The normalized spacial score (nSPS) is 10.4. The first-order valence-corrected chi connectivity index (χ1v) is 5.53. The molecular weight excluding hydrogens is 222 g/mol. The second-order valence-corrected chi connectivity index (χ2v) is 3.83. The van der Waals surface area contributed by atoms with E-state index in [0.717, 1.165) is 0 Å². The van der Waals surface area contributed by atoms with Crippen molar-refractivity contribution in [2.75, 3.05) is 18.5 Å². The zero-order valence-corrected chi connectivity index (χ0v) is 10.2. The van der Waals surface area contributed by atoms with Crippen LogP contribution in [0.25, 0.3) is 0 Å². The number of aromatic nitrogens is 2. The molecule has 1 rings (SSSR count). The van der Waals surface area contributed by atoms with Crippen molar-refractivity contribution in [2.24, 2.45) is 0 Å². The van der Waals surface area contributed by atoms with Gasteiger partial charge in [-0.05, 0) is 6.92 Å². The van der Waals surface area contributed by atoms with E-state index in [4.69, 9.17) is 4.74 Å². The smallest absolute Gasteiger partial charge is 0.325 e. The summed E-state index contributed by atoms with van der Waals surface area (Å²) in [4.78, 5) is 29.3. The Hall–Kier alpha value is -1.85. The van der Waals surface area contributed by atoms with E-state index in [1.807, 2.05) is 13.8 Å². The first kappa shape index (κ1) is 13.2. The maximum absolute atomic E-state index is 11.3. The summed E-state index contributed by atoms with van der Waals surface area (Å²) in [5.74, 6) is 0.710. The highest BCUT2D eigenvalue weighted by atomic mass is 16.5. The van der Waals surface area contributed by atoms with Crippen molar-refractivity contribution in [1.82, 2.24) is 9.97 Å².